The number of hydrogen-bond acceptors (Lipinski definition) is 7. The van der Waals surface area contributed by atoms with Gasteiger partial charge in [-0.05, 0) is 42.5 Å². The van der Waals surface area contributed by atoms with Crippen molar-refractivity contribution in [2.24, 2.45) is 0 Å². The Kier molecular flexibility index (Phi) is 5.29. The summed E-state index contributed by atoms with van der Waals surface area (Å²) in [5, 5.41) is 12.6. The van der Waals surface area contributed by atoms with Gasteiger partial charge >= 0.3 is 0 Å². The minimum atomic E-state index is -0.517. The number of aromatic nitrogens is 6. The molecule has 0 spiro atoms. The van der Waals surface area contributed by atoms with E-state index in [1.807, 2.05) is 29.2 Å². The molecule has 1 unspecified atom stereocenters. The van der Waals surface area contributed by atoms with Crippen LogP contribution in [0.4, 0.5) is 5.95 Å². The molecule has 28 heavy (non-hydrogen) atoms. The van der Waals surface area contributed by atoms with E-state index in [9.17, 15) is 4.79 Å². The molecule has 144 valence electrons. The fraction of sp³-hybridized carbons (Fsp3) is 0.333. The number of piperazine rings is 1. The van der Waals surface area contributed by atoms with Crippen molar-refractivity contribution in [2.45, 2.75) is 13.0 Å². The lowest BCUT2D eigenvalue weighted by Gasteiger charge is -2.35. The molecule has 9 nitrogen and oxygen atoms in total. The maximum atomic E-state index is 12.9. The predicted octanol–water partition coefficient (Wildman–Crippen LogP) is 1.80. The highest BCUT2D eigenvalue weighted by molar-refractivity contribution is 9.10. The maximum absolute atomic E-state index is 12.9. The second-order valence-corrected chi connectivity index (χ2v) is 7.39. The van der Waals surface area contributed by atoms with Crippen molar-refractivity contribution in [1.29, 1.82) is 0 Å². The SMILES string of the molecule is CC(C(=O)N1CCN(c2ncccn2)CC1)n1nnc(-c2ccc(Br)cc2)n1. The molecule has 1 fully saturated rings. The van der Waals surface area contributed by atoms with Gasteiger partial charge < -0.3 is 9.80 Å². The molecule has 1 saturated heterocycles. The lowest BCUT2D eigenvalue weighted by atomic mass is 10.2. The van der Waals surface area contributed by atoms with E-state index in [0.29, 0.717) is 38.0 Å². The Morgan fingerprint density at radius 3 is 2.43 bits per heavy atom. The lowest BCUT2D eigenvalue weighted by Crippen LogP contribution is -2.51. The highest BCUT2D eigenvalue weighted by Gasteiger charge is 2.28. The van der Waals surface area contributed by atoms with E-state index in [4.69, 9.17) is 0 Å². The molecule has 1 aliphatic rings. The second kappa shape index (κ2) is 8.01. The van der Waals surface area contributed by atoms with Crippen LogP contribution in [0.3, 0.4) is 0 Å². The minimum absolute atomic E-state index is 0.0200. The smallest absolute Gasteiger partial charge is 0.249 e. The van der Waals surface area contributed by atoms with E-state index in [1.54, 1.807) is 25.4 Å². The standard InChI is InChI=1S/C18H19BrN8O/c1-13(27-23-16(22-24-27)14-3-5-15(19)6-4-14)17(28)25-9-11-26(12-10-25)18-20-7-2-8-21-18/h2-8,13H,9-12H2,1H3. The number of nitrogens with zero attached hydrogens (tertiary/aromatic N) is 8. The molecule has 0 N–H and O–H groups in total. The van der Waals surface area contributed by atoms with E-state index < -0.39 is 6.04 Å². The van der Waals surface area contributed by atoms with Crippen LogP contribution in [0.15, 0.2) is 47.2 Å². The van der Waals surface area contributed by atoms with Crippen LogP contribution in [-0.4, -0.2) is 67.2 Å². The Labute approximate surface area is 170 Å². The van der Waals surface area contributed by atoms with Gasteiger partial charge in [-0.3, -0.25) is 4.79 Å². The van der Waals surface area contributed by atoms with Crippen molar-refractivity contribution in [1.82, 2.24) is 35.1 Å². The summed E-state index contributed by atoms with van der Waals surface area (Å²) in [6, 6.07) is 8.92. The first kappa shape index (κ1) is 18.5. The van der Waals surface area contributed by atoms with Gasteiger partial charge in [0.05, 0.1) is 0 Å². The Morgan fingerprint density at radius 1 is 1.07 bits per heavy atom. The van der Waals surface area contributed by atoms with Crippen molar-refractivity contribution < 1.29 is 4.79 Å². The summed E-state index contributed by atoms with van der Waals surface area (Å²) in [5.74, 6) is 1.17. The summed E-state index contributed by atoms with van der Waals surface area (Å²) < 4.78 is 0.979. The van der Waals surface area contributed by atoms with E-state index in [-0.39, 0.29) is 5.91 Å². The van der Waals surface area contributed by atoms with Gasteiger partial charge in [-0.25, -0.2) is 9.97 Å². The molecule has 0 bridgehead atoms. The molecular weight excluding hydrogens is 424 g/mol. The number of carbonyl (C=O) groups excluding carboxylic acids is 1. The van der Waals surface area contributed by atoms with Gasteiger partial charge in [0, 0.05) is 48.6 Å². The van der Waals surface area contributed by atoms with Crippen molar-refractivity contribution in [3.63, 3.8) is 0 Å². The van der Waals surface area contributed by atoms with E-state index in [1.165, 1.54) is 4.80 Å². The normalized spacial score (nSPS) is 15.5. The fourth-order valence-corrected chi connectivity index (χ4v) is 3.31. The number of hydrogen-bond donors (Lipinski definition) is 0. The minimum Gasteiger partial charge on any atom is -0.337 e. The number of tetrazole rings is 1. The first-order valence-electron chi connectivity index (χ1n) is 8.98. The van der Waals surface area contributed by atoms with Crippen LogP contribution in [-0.2, 0) is 4.79 Å². The molecule has 1 amide bonds. The monoisotopic (exact) mass is 442 g/mol. The topological polar surface area (TPSA) is 92.9 Å². The molecule has 0 saturated carbocycles. The van der Waals surface area contributed by atoms with Gasteiger partial charge in [-0.1, -0.05) is 15.9 Å². The third-order valence-corrected chi connectivity index (χ3v) is 5.19. The molecule has 0 aliphatic carbocycles. The maximum Gasteiger partial charge on any atom is 0.249 e. The highest BCUT2D eigenvalue weighted by atomic mass is 79.9. The van der Waals surface area contributed by atoms with Crippen LogP contribution in [0.5, 0.6) is 0 Å². The molecule has 2 aromatic heterocycles. The first-order chi connectivity index (χ1) is 13.6. The largest absolute Gasteiger partial charge is 0.337 e. The number of anilines is 1. The molecule has 10 heteroatoms. The zero-order valence-corrected chi connectivity index (χ0v) is 16.9. The van der Waals surface area contributed by atoms with Crippen LogP contribution in [0.1, 0.15) is 13.0 Å². The van der Waals surface area contributed by atoms with Crippen molar-refractivity contribution >= 4 is 27.8 Å². The number of carbonyl (C=O) groups is 1. The van der Waals surface area contributed by atoms with Crippen LogP contribution in [0, 0.1) is 0 Å². The summed E-state index contributed by atoms with van der Waals surface area (Å²) >= 11 is 3.41. The van der Waals surface area contributed by atoms with Crippen molar-refractivity contribution in [3.05, 3.63) is 47.2 Å². The lowest BCUT2D eigenvalue weighted by molar-refractivity contribution is -0.135. The summed E-state index contributed by atoms with van der Waals surface area (Å²) in [7, 11) is 0. The van der Waals surface area contributed by atoms with Crippen LogP contribution in [0.2, 0.25) is 0 Å². The summed E-state index contributed by atoms with van der Waals surface area (Å²) in [6.07, 6.45) is 3.45. The van der Waals surface area contributed by atoms with Gasteiger partial charge in [0.1, 0.15) is 6.04 Å². The van der Waals surface area contributed by atoms with Crippen molar-refractivity contribution in [3.8, 4) is 11.4 Å². The zero-order chi connectivity index (χ0) is 19.5. The Morgan fingerprint density at radius 2 is 1.75 bits per heavy atom. The highest BCUT2D eigenvalue weighted by Crippen LogP contribution is 2.19. The zero-order valence-electron chi connectivity index (χ0n) is 15.3. The third kappa shape index (κ3) is 3.86. The van der Waals surface area contributed by atoms with Gasteiger partial charge in [-0.15, -0.1) is 10.2 Å². The average Bonchev–Trinajstić information content (AvgIpc) is 3.24. The van der Waals surface area contributed by atoms with E-state index in [0.717, 1.165) is 10.0 Å². The number of rotatable bonds is 4. The number of halogens is 1. The van der Waals surface area contributed by atoms with Gasteiger partial charge in [0.25, 0.3) is 0 Å². The van der Waals surface area contributed by atoms with E-state index in [2.05, 4.69) is 46.2 Å². The van der Waals surface area contributed by atoms with Gasteiger partial charge in [0.15, 0.2) is 0 Å². The Hall–Kier alpha value is -2.88. The summed E-state index contributed by atoms with van der Waals surface area (Å²) in [4.78, 5) is 26.7. The Balaban J connectivity index is 1.39. The number of amides is 1. The molecule has 4 rings (SSSR count). The van der Waals surface area contributed by atoms with Crippen LogP contribution >= 0.6 is 15.9 Å². The molecule has 1 aliphatic heterocycles. The number of benzene rings is 1. The molecule has 1 atom stereocenters. The van der Waals surface area contributed by atoms with Gasteiger partial charge in [-0.2, -0.15) is 4.80 Å². The average molecular weight is 443 g/mol. The second-order valence-electron chi connectivity index (χ2n) is 6.48. The molecule has 3 heterocycles. The van der Waals surface area contributed by atoms with E-state index >= 15 is 0 Å². The summed E-state index contributed by atoms with van der Waals surface area (Å²) in [6.45, 7) is 4.39. The Bertz CT molecular complexity index is 938. The fourth-order valence-electron chi connectivity index (χ4n) is 3.05. The first-order valence-corrected chi connectivity index (χ1v) is 9.77. The summed E-state index contributed by atoms with van der Waals surface area (Å²) in [5.41, 5.74) is 0.852. The molecule has 1 aromatic carbocycles. The predicted molar refractivity (Wildman–Crippen MR) is 106 cm³/mol. The third-order valence-electron chi connectivity index (χ3n) is 4.66. The van der Waals surface area contributed by atoms with Crippen molar-refractivity contribution in [2.75, 3.05) is 31.1 Å². The molecular formula is C18H19BrN8O. The quantitative estimate of drug-likeness (QED) is 0.607. The van der Waals surface area contributed by atoms with Crippen LogP contribution in [0.25, 0.3) is 11.4 Å². The molecule has 0 radical (unpaired) electrons. The van der Waals surface area contributed by atoms with Gasteiger partial charge in [0.2, 0.25) is 17.7 Å². The van der Waals surface area contributed by atoms with Crippen LogP contribution < -0.4 is 4.90 Å². The molecule has 3 aromatic rings.